The number of anilines is 1. The van der Waals surface area contributed by atoms with Gasteiger partial charge in [-0.15, -0.1) is 0 Å². The fourth-order valence-corrected chi connectivity index (χ4v) is 3.75. The van der Waals surface area contributed by atoms with Crippen LogP contribution in [0.3, 0.4) is 0 Å². The smallest absolute Gasteiger partial charge is 0.354 e. The van der Waals surface area contributed by atoms with Crippen LogP contribution in [-0.4, -0.2) is 66.0 Å². The van der Waals surface area contributed by atoms with Gasteiger partial charge in [-0.2, -0.15) is 13.2 Å². The molecule has 0 bridgehead atoms. The van der Waals surface area contributed by atoms with Crippen molar-refractivity contribution in [3.63, 3.8) is 0 Å². The molecule has 1 aliphatic heterocycles. The average Bonchev–Trinajstić information content (AvgIpc) is 3.43. The molecule has 0 radical (unpaired) electrons. The zero-order valence-electron chi connectivity index (χ0n) is 15.3. The van der Waals surface area contributed by atoms with Crippen molar-refractivity contribution in [3.05, 3.63) is 22.8 Å². The number of carbonyl (C=O) groups is 1. The van der Waals surface area contributed by atoms with Gasteiger partial charge in [-0.05, 0) is 32.3 Å². The Labute approximate surface area is 162 Å². The van der Waals surface area contributed by atoms with Crippen molar-refractivity contribution >= 4 is 23.3 Å². The molecule has 5 nitrogen and oxygen atoms in total. The minimum absolute atomic E-state index is 0.000225. The van der Waals surface area contributed by atoms with Gasteiger partial charge in [0.05, 0.1) is 17.1 Å². The van der Waals surface area contributed by atoms with Crippen molar-refractivity contribution in [1.29, 1.82) is 0 Å². The standard InChI is InChI=1S/C18H24ClF3N4O/c1-2-26(14-4-5-14)16(27)12-24-6-3-7-25(9-8-24)17-15(19)10-13(11-23-17)18(20,21)22/h10-11,14H,2-9,12H2,1H3. The third-order valence-electron chi connectivity index (χ3n) is 5.04. The van der Waals surface area contributed by atoms with Crippen molar-refractivity contribution in [2.45, 2.75) is 38.4 Å². The van der Waals surface area contributed by atoms with Crippen LogP contribution in [0.25, 0.3) is 0 Å². The number of hydrogen-bond donors (Lipinski definition) is 0. The zero-order chi connectivity index (χ0) is 19.6. The van der Waals surface area contributed by atoms with Crippen LogP contribution in [0.1, 0.15) is 31.7 Å². The summed E-state index contributed by atoms with van der Waals surface area (Å²) in [6.07, 6.45) is -0.668. The molecule has 1 amide bonds. The Morgan fingerprint density at radius 3 is 2.63 bits per heavy atom. The highest BCUT2D eigenvalue weighted by atomic mass is 35.5. The minimum atomic E-state index is -4.46. The molecule has 0 aromatic carbocycles. The number of rotatable bonds is 5. The van der Waals surface area contributed by atoms with Crippen molar-refractivity contribution < 1.29 is 18.0 Å². The fourth-order valence-electron chi connectivity index (χ4n) is 3.47. The molecule has 2 aliphatic rings. The Morgan fingerprint density at radius 1 is 1.30 bits per heavy atom. The topological polar surface area (TPSA) is 39.7 Å². The molecule has 0 N–H and O–H groups in total. The maximum Gasteiger partial charge on any atom is 0.417 e. The second-order valence-corrected chi connectivity index (χ2v) is 7.46. The summed E-state index contributed by atoms with van der Waals surface area (Å²) in [5.74, 6) is 0.519. The Kier molecular flexibility index (Phi) is 6.15. The Bertz CT molecular complexity index is 681. The highest BCUT2D eigenvalue weighted by Gasteiger charge is 2.33. The lowest BCUT2D eigenvalue weighted by Crippen LogP contribution is -2.42. The minimum Gasteiger partial charge on any atom is -0.354 e. The number of hydrogen-bond acceptors (Lipinski definition) is 4. The Hall–Kier alpha value is -1.54. The SMILES string of the molecule is CCN(C(=O)CN1CCCN(c2ncc(C(F)(F)F)cc2Cl)CC1)C1CC1. The Morgan fingerprint density at radius 2 is 2.04 bits per heavy atom. The number of pyridine rings is 1. The van der Waals surface area contributed by atoms with Gasteiger partial charge in [0.25, 0.3) is 0 Å². The van der Waals surface area contributed by atoms with E-state index >= 15 is 0 Å². The van der Waals surface area contributed by atoms with Crippen LogP contribution in [0.15, 0.2) is 12.3 Å². The van der Waals surface area contributed by atoms with Gasteiger partial charge >= 0.3 is 6.18 Å². The highest BCUT2D eigenvalue weighted by Crippen LogP contribution is 2.33. The summed E-state index contributed by atoms with van der Waals surface area (Å²) in [7, 11) is 0. The summed E-state index contributed by atoms with van der Waals surface area (Å²) in [5, 5.41) is 0.000225. The van der Waals surface area contributed by atoms with Crippen LogP contribution in [0.2, 0.25) is 5.02 Å². The van der Waals surface area contributed by atoms with Crippen molar-refractivity contribution in [2.75, 3.05) is 44.2 Å². The number of likely N-dealkylation sites (N-methyl/N-ethyl adjacent to an activating group) is 1. The van der Waals surface area contributed by atoms with E-state index in [0.29, 0.717) is 38.0 Å². The molecular formula is C18H24ClF3N4O. The largest absolute Gasteiger partial charge is 0.417 e. The molecule has 2 fully saturated rings. The van der Waals surface area contributed by atoms with Gasteiger partial charge in [-0.1, -0.05) is 11.6 Å². The van der Waals surface area contributed by atoms with Crippen molar-refractivity contribution in [2.24, 2.45) is 0 Å². The van der Waals surface area contributed by atoms with Crippen LogP contribution >= 0.6 is 11.6 Å². The Balaban J connectivity index is 1.60. The maximum absolute atomic E-state index is 12.8. The van der Waals surface area contributed by atoms with E-state index in [1.807, 2.05) is 16.7 Å². The molecule has 1 aromatic rings. The van der Waals surface area contributed by atoms with E-state index in [9.17, 15) is 18.0 Å². The van der Waals surface area contributed by atoms with Crippen LogP contribution in [0, 0.1) is 0 Å². The van der Waals surface area contributed by atoms with E-state index in [-0.39, 0.29) is 10.9 Å². The van der Waals surface area contributed by atoms with Crippen molar-refractivity contribution in [3.8, 4) is 0 Å². The lowest BCUT2D eigenvalue weighted by Gasteiger charge is -2.26. The first kappa shape index (κ1) is 20.2. The molecule has 27 heavy (non-hydrogen) atoms. The lowest BCUT2D eigenvalue weighted by molar-refractivity contribution is -0.137. The number of alkyl halides is 3. The summed E-state index contributed by atoms with van der Waals surface area (Å²) < 4.78 is 38.3. The average molecular weight is 405 g/mol. The normalized spacial score (nSPS) is 19.1. The number of aromatic nitrogens is 1. The molecule has 1 saturated carbocycles. The second kappa shape index (κ2) is 8.22. The lowest BCUT2D eigenvalue weighted by atomic mass is 10.2. The molecular weight excluding hydrogens is 381 g/mol. The summed E-state index contributed by atoms with van der Waals surface area (Å²) in [5.41, 5.74) is -0.849. The van der Waals surface area contributed by atoms with Crippen LogP contribution in [-0.2, 0) is 11.0 Å². The number of halogens is 4. The van der Waals surface area contributed by atoms with E-state index < -0.39 is 11.7 Å². The summed E-state index contributed by atoms with van der Waals surface area (Å²) >= 11 is 6.07. The predicted octanol–water partition coefficient (Wildman–Crippen LogP) is 3.28. The van der Waals surface area contributed by atoms with Gasteiger partial charge < -0.3 is 9.80 Å². The highest BCUT2D eigenvalue weighted by molar-refractivity contribution is 6.33. The molecule has 1 aliphatic carbocycles. The van der Waals surface area contributed by atoms with Gasteiger partial charge in [0.2, 0.25) is 5.91 Å². The maximum atomic E-state index is 12.8. The third-order valence-corrected chi connectivity index (χ3v) is 5.32. The van der Waals surface area contributed by atoms with E-state index in [4.69, 9.17) is 11.6 Å². The summed E-state index contributed by atoms with van der Waals surface area (Å²) in [6.45, 7) is 5.74. The number of amides is 1. The van der Waals surface area contributed by atoms with E-state index in [1.54, 1.807) is 0 Å². The predicted molar refractivity (Wildman–Crippen MR) is 97.9 cm³/mol. The van der Waals surface area contributed by atoms with E-state index in [2.05, 4.69) is 9.88 Å². The zero-order valence-corrected chi connectivity index (χ0v) is 16.1. The van der Waals surface area contributed by atoms with E-state index in [1.165, 1.54) is 0 Å². The molecule has 150 valence electrons. The molecule has 0 unspecified atom stereocenters. The molecule has 1 aromatic heterocycles. The molecule has 2 heterocycles. The first-order valence-corrected chi connectivity index (χ1v) is 9.67. The molecule has 0 atom stereocenters. The van der Waals surface area contributed by atoms with Gasteiger partial charge in [0.1, 0.15) is 5.82 Å². The molecule has 1 saturated heterocycles. The summed E-state index contributed by atoms with van der Waals surface area (Å²) in [4.78, 5) is 22.4. The number of carbonyl (C=O) groups excluding carboxylic acids is 1. The van der Waals surface area contributed by atoms with Gasteiger partial charge in [-0.3, -0.25) is 9.69 Å². The quantitative estimate of drug-likeness (QED) is 0.755. The van der Waals surface area contributed by atoms with Gasteiger partial charge in [0, 0.05) is 45.0 Å². The number of nitrogens with zero attached hydrogens (tertiary/aromatic N) is 4. The van der Waals surface area contributed by atoms with Crippen LogP contribution in [0.4, 0.5) is 19.0 Å². The second-order valence-electron chi connectivity index (χ2n) is 7.05. The van der Waals surface area contributed by atoms with E-state index in [0.717, 1.165) is 44.6 Å². The summed E-state index contributed by atoms with van der Waals surface area (Å²) in [6, 6.07) is 1.33. The monoisotopic (exact) mass is 404 g/mol. The first-order valence-electron chi connectivity index (χ1n) is 9.29. The molecule has 9 heteroatoms. The first-order chi connectivity index (χ1) is 12.8. The third kappa shape index (κ3) is 5.04. The van der Waals surface area contributed by atoms with Crippen LogP contribution < -0.4 is 4.90 Å². The van der Waals surface area contributed by atoms with Crippen molar-refractivity contribution in [1.82, 2.24) is 14.8 Å². The van der Waals surface area contributed by atoms with Crippen LogP contribution in [0.5, 0.6) is 0 Å². The van der Waals surface area contributed by atoms with Gasteiger partial charge in [-0.25, -0.2) is 4.98 Å². The fraction of sp³-hybridized carbons (Fsp3) is 0.667. The molecule has 3 rings (SSSR count). The van der Waals surface area contributed by atoms with Gasteiger partial charge in [0.15, 0.2) is 0 Å². The molecule has 0 spiro atoms.